The van der Waals surface area contributed by atoms with Crippen LogP contribution in [0.3, 0.4) is 0 Å². The molecule has 0 saturated carbocycles. The number of hydrogen-bond acceptors (Lipinski definition) is 1. The van der Waals surface area contributed by atoms with Crippen molar-refractivity contribution >= 4 is 8.32 Å². The molecule has 1 nitrogen and oxygen atoms in total. The second-order valence-corrected chi connectivity index (χ2v) is 11.5. The summed E-state index contributed by atoms with van der Waals surface area (Å²) < 4.78 is 6.33. The minimum atomic E-state index is -1.83. The topological polar surface area (TPSA) is 9.23 Å². The lowest BCUT2D eigenvalue weighted by atomic mass is 10.2. The summed E-state index contributed by atoms with van der Waals surface area (Å²) in [5, 5.41) is 0.183. The third kappa shape index (κ3) is 4.58. The van der Waals surface area contributed by atoms with Gasteiger partial charge in [-0.3, -0.25) is 0 Å². The van der Waals surface area contributed by atoms with Crippen molar-refractivity contribution in [1.82, 2.24) is 0 Å². The summed E-state index contributed by atoms with van der Waals surface area (Å²) in [6.45, 7) is 15.3. The van der Waals surface area contributed by atoms with Gasteiger partial charge in [0.25, 0.3) is 8.32 Å². The maximum absolute atomic E-state index is 6.33. The fraction of sp³-hybridized carbons (Fsp3) is 0.444. The van der Waals surface area contributed by atoms with Crippen molar-refractivity contribution in [3.63, 3.8) is 0 Å². The molecular weight excluding hydrogens is 260 g/mol. The summed E-state index contributed by atoms with van der Waals surface area (Å²) in [4.78, 5) is 0. The zero-order valence-electron chi connectivity index (χ0n) is 13.8. The number of allylic oxidation sites excluding steroid dienone is 2. The van der Waals surface area contributed by atoms with Crippen LogP contribution < -0.4 is 0 Å². The zero-order valence-corrected chi connectivity index (χ0v) is 14.8. The SMILES string of the molecule is CC(C)=C(C#Cc1ccccc1)O[Si](C)(C)C(C)(C)C. The first-order chi connectivity index (χ1) is 9.13. The predicted octanol–water partition coefficient (Wildman–Crippen LogP) is 5.35. The molecule has 0 aliphatic rings. The van der Waals surface area contributed by atoms with Crippen molar-refractivity contribution < 1.29 is 4.43 Å². The first-order valence-electron chi connectivity index (χ1n) is 7.07. The summed E-state index contributed by atoms with van der Waals surface area (Å²) in [7, 11) is -1.83. The van der Waals surface area contributed by atoms with Crippen LogP contribution in [0, 0.1) is 11.8 Å². The van der Waals surface area contributed by atoms with Gasteiger partial charge in [-0.15, -0.1) is 0 Å². The van der Waals surface area contributed by atoms with Gasteiger partial charge in [0.15, 0.2) is 5.76 Å². The Kier molecular flexibility index (Phi) is 5.25. The highest BCUT2D eigenvalue weighted by Crippen LogP contribution is 2.38. The zero-order chi connectivity index (χ0) is 15.4. The molecule has 108 valence electrons. The van der Waals surface area contributed by atoms with Crippen molar-refractivity contribution in [2.75, 3.05) is 0 Å². The van der Waals surface area contributed by atoms with E-state index in [0.29, 0.717) is 0 Å². The van der Waals surface area contributed by atoms with E-state index in [1.54, 1.807) is 0 Å². The van der Waals surface area contributed by atoms with E-state index in [2.05, 4.69) is 59.6 Å². The van der Waals surface area contributed by atoms with Crippen molar-refractivity contribution in [2.45, 2.75) is 52.8 Å². The van der Waals surface area contributed by atoms with Gasteiger partial charge < -0.3 is 4.43 Å². The summed E-state index contributed by atoms with van der Waals surface area (Å²) >= 11 is 0. The van der Waals surface area contributed by atoms with Crippen molar-refractivity contribution in [2.24, 2.45) is 0 Å². The van der Waals surface area contributed by atoms with Crippen LogP contribution in [0.4, 0.5) is 0 Å². The van der Waals surface area contributed by atoms with Gasteiger partial charge in [0.05, 0.1) is 0 Å². The Balaban J connectivity index is 3.01. The number of rotatable bonds is 2. The molecule has 0 aromatic heterocycles. The summed E-state index contributed by atoms with van der Waals surface area (Å²) in [5.41, 5.74) is 2.16. The molecule has 1 aromatic carbocycles. The molecule has 0 fully saturated rings. The highest BCUT2D eigenvalue weighted by molar-refractivity contribution is 6.74. The molecule has 0 radical (unpaired) electrons. The van der Waals surface area contributed by atoms with Gasteiger partial charge in [-0.2, -0.15) is 0 Å². The highest BCUT2D eigenvalue weighted by Gasteiger charge is 2.39. The molecule has 0 amide bonds. The molecule has 0 atom stereocenters. The summed E-state index contributed by atoms with van der Waals surface area (Å²) in [5.74, 6) is 7.23. The van der Waals surface area contributed by atoms with E-state index in [0.717, 1.165) is 16.9 Å². The summed E-state index contributed by atoms with van der Waals surface area (Å²) in [6, 6.07) is 10.0. The Morgan fingerprint density at radius 2 is 1.60 bits per heavy atom. The molecular formula is C18H26OSi. The Morgan fingerprint density at radius 3 is 2.05 bits per heavy atom. The van der Waals surface area contributed by atoms with Crippen LogP contribution in [-0.4, -0.2) is 8.32 Å². The standard InChI is InChI=1S/C18H26OSi/c1-15(2)17(19-20(6,7)18(3,4)5)14-13-16-11-9-8-10-12-16/h8-12H,1-7H3. The average Bonchev–Trinajstić information content (AvgIpc) is 2.34. The Hall–Kier alpha value is -1.46. The second kappa shape index (κ2) is 6.32. The molecule has 0 N–H and O–H groups in total. The average molecular weight is 286 g/mol. The monoisotopic (exact) mass is 286 g/mol. The van der Waals surface area contributed by atoms with Gasteiger partial charge >= 0.3 is 0 Å². The van der Waals surface area contributed by atoms with Gasteiger partial charge in [0, 0.05) is 5.56 Å². The smallest absolute Gasteiger partial charge is 0.251 e. The normalized spacial score (nSPS) is 11.3. The first kappa shape index (κ1) is 16.6. The third-order valence-corrected chi connectivity index (χ3v) is 8.04. The van der Waals surface area contributed by atoms with Crippen LogP contribution in [0.5, 0.6) is 0 Å². The molecule has 0 bridgehead atoms. The number of hydrogen-bond donors (Lipinski definition) is 0. The fourth-order valence-corrected chi connectivity index (χ4v) is 2.38. The Bertz CT molecular complexity index is 532. The van der Waals surface area contributed by atoms with Crippen LogP contribution in [0.25, 0.3) is 0 Å². The van der Waals surface area contributed by atoms with E-state index in [1.165, 1.54) is 0 Å². The molecule has 1 rings (SSSR count). The lowest BCUT2D eigenvalue weighted by Crippen LogP contribution is -2.40. The van der Waals surface area contributed by atoms with Gasteiger partial charge in [0.2, 0.25) is 0 Å². The molecule has 2 heteroatoms. The van der Waals surface area contributed by atoms with Gasteiger partial charge in [0.1, 0.15) is 0 Å². The minimum Gasteiger partial charge on any atom is -0.538 e. The van der Waals surface area contributed by atoms with E-state index in [1.807, 2.05) is 30.3 Å². The largest absolute Gasteiger partial charge is 0.538 e. The van der Waals surface area contributed by atoms with E-state index in [9.17, 15) is 0 Å². The van der Waals surface area contributed by atoms with Crippen LogP contribution >= 0.6 is 0 Å². The fourth-order valence-electron chi connectivity index (χ4n) is 1.31. The van der Waals surface area contributed by atoms with Crippen LogP contribution in [-0.2, 0) is 4.43 Å². The van der Waals surface area contributed by atoms with Gasteiger partial charge in [-0.1, -0.05) is 44.9 Å². The molecule has 0 aliphatic carbocycles. The Morgan fingerprint density at radius 1 is 1.05 bits per heavy atom. The van der Waals surface area contributed by atoms with E-state index in [4.69, 9.17) is 4.43 Å². The molecule has 0 saturated heterocycles. The predicted molar refractivity (Wildman–Crippen MR) is 90.0 cm³/mol. The first-order valence-corrected chi connectivity index (χ1v) is 9.98. The van der Waals surface area contributed by atoms with Crippen LogP contribution in [0.15, 0.2) is 41.7 Å². The van der Waals surface area contributed by atoms with Crippen molar-refractivity contribution in [1.29, 1.82) is 0 Å². The quantitative estimate of drug-likeness (QED) is 0.404. The van der Waals surface area contributed by atoms with Crippen LogP contribution in [0.2, 0.25) is 18.1 Å². The second-order valence-electron chi connectivity index (χ2n) is 6.81. The van der Waals surface area contributed by atoms with E-state index < -0.39 is 8.32 Å². The van der Waals surface area contributed by atoms with Crippen molar-refractivity contribution in [3.05, 3.63) is 47.2 Å². The Labute approximate surface area is 125 Å². The van der Waals surface area contributed by atoms with Gasteiger partial charge in [-0.25, -0.2) is 0 Å². The van der Waals surface area contributed by atoms with Gasteiger partial charge in [-0.05, 0) is 55.6 Å². The highest BCUT2D eigenvalue weighted by atomic mass is 28.4. The molecule has 0 heterocycles. The van der Waals surface area contributed by atoms with Crippen molar-refractivity contribution in [3.8, 4) is 11.8 Å². The lowest BCUT2D eigenvalue weighted by Gasteiger charge is -2.36. The molecule has 1 aromatic rings. The summed E-state index contributed by atoms with van der Waals surface area (Å²) in [6.07, 6.45) is 0. The maximum atomic E-state index is 6.33. The maximum Gasteiger partial charge on any atom is 0.251 e. The minimum absolute atomic E-state index is 0.183. The van der Waals surface area contributed by atoms with Crippen LogP contribution in [0.1, 0.15) is 40.2 Å². The molecule has 0 spiro atoms. The van der Waals surface area contributed by atoms with E-state index >= 15 is 0 Å². The number of benzene rings is 1. The molecule has 0 unspecified atom stereocenters. The molecule has 20 heavy (non-hydrogen) atoms. The molecule has 0 aliphatic heterocycles. The third-order valence-electron chi connectivity index (χ3n) is 3.71. The lowest BCUT2D eigenvalue weighted by molar-refractivity contribution is 0.399. The van der Waals surface area contributed by atoms with E-state index in [-0.39, 0.29) is 5.04 Å².